The van der Waals surface area contributed by atoms with E-state index in [1.165, 1.54) is 0 Å². The third kappa shape index (κ3) is 3.64. The van der Waals surface area contributed by atoms with E-state index in [0.29, 0.717) is 31.6 Å². The largest absolute Gasteiger partial charge is 0.393 e. The standard InChI is InChI=1S/C27H48O7/c1-15(2)8-13-26(31,32)16(3)18-6-7-19-21-20(10-11-23(18,19)4)24(5)12-9-17(28)14-25(24,30)22(29)27(21,33)34/h15-22,28-34H,6-14H2,1-5H3/t16-,17+,18-,19?,20?,21?,22+,23-,24-,25-/m1/s1. The molecule has 0 aromatic rings. The van der Waals surface area contributed by atoms with Crippen molar-refractivity contribution in [2.45, 2.75) is 122 Å². The molecule has 0 spiro atoms. The Morgan fingerprint density at radius 3 is 2.15 bits per heavy atom. The van der Waals surface area contributed by atoms with Gasteiger partial charge in [0.2, 0.25) is 0 Å². The monoisotopic (exact) mass is 484 g/mol. The molecule has 7 heteroatoms. The van der Waals surface area contributed by atoms with Crippen molar-refractivity contribution in [3.8, 4) is 0 Å². The minimum atomic E-state index is -2.48. The van der Waals surface area contributed by atoms with E-state index in [1.807, 2.05) is 13.8 Å². The van der Waals surface area contributed by atoms with E-state index < -0.39 is 40.7 Å². The molecule has 0 aromatic carbocycles. The second-order valence-electron chi connectivity index (χ2n) is 13.5. The molecule has 0 aliphatic heterocycles. The van der Waals surface area contributed by atoms with Gasteiger partial charge in [-0.2, -0.15) is 0 Å². The van der Waals surface area contributed by atoms with Crippen molar-refractivity contribution >= 4 is 0 Å². The third-order valence-corrected chi connectivity index (χ3v) is 11.5. The highest BCUT2D eigenvalue weighted by atomic mass is 16.5. The molecule has 0 aromatic heterocycles. The van der Waals surface area contributed by atoms with Crippen molar-refractivity contribution in [2.24, 2.45) is 46.3 Å². The summed E-state index contributed by atoms with van der Waals surface area (Å²) in [6, 6.07) is 0. The van der Waals surface area contributed by atoms with Crippen molar-refractivity contribution < 1.29 is 35.7 Å². The van der Waals surface area contributed by atoms with Crippen molar-refractivity contribution in [1.82, 2.24) is 0 Å². The lowest BCUT2D eigenvalue weighted by Crippen LogP contribution is -2.77. The van der Waals surface area contributed by atoms with Crippen LogP contribution in [0.5, 0.6) is 0 Å². The summed E-state index contributed by atoms with van der Waals surface area (Å²) in [7, 11) is 0. The first-order valence-corrected chi connectivity index (χ1v) is 13.5. The molecule has 0 radical (unpaired) electrons. The van der Waals surface area contributed by atoms with E-state index in [2.05, 4.69) is 20.8 Å². The van der Waals surface area contributed by atoms with Crippen LogP contribution in [0.4, 0.5) is 0 Å². The second-order valence-corrected chi connectivity index (χ2v) is 13.5. The summed E-state index contributed by atoms with van der Waals surface area (Å²) in [6.45, 7) is 10.1. The minimum Gasteiger partial charge on any atom is -0.393 e. The smallest absolute Gasteiger partial charge is 0.195 e. The van der Waals surface area contributed by atoms with Gasteiger partial charge in [-0.25, -0.2) is 0 Å². The van der Waals surface area contributed by atoms with E-state index in [-0.39, 0.29) is 35.5 Å². The first-order valence-electron chi connectivity index (χ1n) is 13.5. The molecule has 0 heterocycles. The molecule has 0 amide bonds. The number of fused-ring (bicyclic) bond motifs is 5. The van der Waals surface area contributed by atoms with Gasteiger partial charge < -0.3 is 35.7 Å². The second kappa shape index (κ2) is 8.37. The molecule has 7 nitrogen and oxygen atoms in total. The number of hydrogen-bond acceptors (Lipinski definition) is 7. The minimum absolute atomic E-state index is 0.00958. The Hall–Kier alpha value is -0.280. The Labute approximate surface area is 204 Å². The Morgan fingerprint density at radius 2 is 1.53 bits per heavy atom. The van der Waals surface area contributed by atoms with Crippen molar-refractivity contribution in [3.63, 3.8) is 0 Å². The lowest BCUT2D eigenvalue weighted by molar-refractivity contribution is -0.389. The number of hydrogen-bond donors (Lipinski definition) is 7. The number of aliphatic hydroxyl groups excluding tert-OH is 2. The summed E-state index contributed by atoms with van der Waals surface area (Å²) in [6.07, 6.45) is 2.41. The van der Waals surface area contributed by atoms with Crippen LogP contribution in [0.25, 0.3) is 0 Å². The molecule has 4 aliphatic rings. The molecule has 4 fully saturated rings. The summed E-state index contributed by atoms with van der Waals surface area (Å²) in [4.78, 5) is 0. The molecule has 3 unspecified atom stereocenters. The van der Waals surface area contributed by atoms with E-state index in [0.717, 1.165) is 25.7 Å². The lowest BCUT2D eigenvalue weighted by atomic mass is 9.40. The molecule has 7 N–H and O–H groups in total. The van der Waals surface area contributed by atoms with Gasteiger partial charge in [0.25, 0.3) is 0 Å². The zero-order valence-corrected chi connectivity index (χ0v) is 21.6. The molecule has 4 aliphatic carbocycles. The first-order chi connectivity index (χ1) is 15.5. The summed E-state index contributed by atoms with van der Waals surface area (Å²) in [5.41, 5.74) is -2.83. The Balaban J connectivity index is 1.67. The zero-order chi connectivity index (χ0) is 25.5. The molecule has 4 saturated carbocycles. The zero-order valence-electron chi connectivity index (χ0n) is 21.6. The maximum absolute atomic E-state index is 11.6. The van der Waals surface area contributed by atoms with Gasteiger partial charge in [-0.05, 0) is 74.0 Å². The van der Waals surface area contributed by atoms with Crippen LogP contribution in [-0.2, 0) is 0 Å². The first kappa shape index (κ1) is 26.8. The van der Waals surface area contributed by atoms with Crippen LogP contribution in [0.2, 0.25) is 0 Å². The molecular weight excluding hydrogens is 436 g/mol. The average molecular weight is 485 g/mol. The van der Waals surface area contributed by atoms with Gasteiger partial charge in [0.05, 0.1) is 6.10 Å². The van der Waals surface area contributed by atoms with Crippen LogP contribution in [-0.4, -0.2) is 65.1 Å². The van der Waals surface area contributed by atoms with Crippen LogP contribution in [0, 0.1) is 46.3 Å². The van der Waals surface area contributed by atoms with Gasteiger partial charge in [0.1, 0.15) is 11.7 Å². The molecule has 198 valence electrons. The highest BCUT2D eigenvalue weighted by molar-refractivity contribution is 5.21. The topological polar surface area (TPSA) is 142 Å². The van der Waals surface area contributed by atoms with Gasteiger partial charge in [-0.15, -0.1) is 0 Å². The molecule has 34 heavy (non-hydrogen) atoms. The van der Waals surface area contributed by atoms with Crippen LogP contribution < -0.4 is 0 Å². The van der Waals surface area contributed by atoms with E-state index in [1.54, 1.807) is 0 Å². The van der Waals surface area contributed by atoms with E-state index >= 15 is 0 Å². The van der Waals surface area contributed by atoms with Crippen molar-refractivity contribution in [3.05, 3.63) is 0 Å². The lowest BCUT2D eigenvalue weighted by Gasteiger charge is -2.68. The fraction of sp³-hybridized carbons (Fsp3) is 1.00. The normalized spacial score (nSPS) is 49.3. The van der Waals surface area contributed by atoms with Gasteiger partial charge in [0, 0.05) is 30.1 Å². The molecule has 0 bridgehead atoms. The fourth-order valence-electron chi connectivity index (χ4n) is 9.20. The van der Waals surface area contributed by atoms with E-state index in [9.17, 15) is 35.7 Å². The van der Waals surface area contributed by atoms with Gasteiger partial charge >= 0.3 is 0 Å². The van der Waals surface area contributed by atoms with Crippen molar-refractivity contribution in [2.75, 3.05) is 0 Å². The number of aliphatic hydroxyl groups is 7. The Morgan fingerprint density at radius 1 is 0.882 bits per heavy atom. The Bertz CT molecular complexity index is 768. The van der Waals surface area contributed by atoms with Crippen molar-refractivity contribution in [1.29, 1.82) is 0 Å². The predicted octanol–water partition coefficient (Wildman–Crippen LogP) is 2.14. The SMILES string of the molecule is CC(C)CCC(O)(O)[C@H](C)[C@H]1CCC2C3C(CC[C@@]21C)[C@@]1(C)CC[C@H](O)C[C@@]1(O)[C@H](O)C3(O)O. The molecular formula is C27H48O7. The maximum Gasteiger partial charge on any atom is 0.195 e. The predicted molar refractivity (Wildman–Crippen MR) is 127 cm³/mol. The molecule has 10 atom stereocenters. The van der Waals surface area contributed by atoms with Gasteiger partial charge in [-0.1, -0.05) is 34.6 Å². The van der Waals surface area contributed by atoms with Crippen LogP contribution in [0.15, 0.2) is 0 Å². The Kier molecular flexibility index (Phi) is 6.59. The quantitative estimate of drug-likeness (QED) is 0.296. The summed E-state index contributed by atoms with van der Waals surface area (Å²) in [5, 5.41) is 77.9. The fourth-order valence-corrected chi connectivity index (χ4v) is 9.20. The maximum atomic E-state index is 11.6. The van der Waals surface area contributed by atoms with E-state index in [4.69, 9.17) is 0 Å². The summed E-state index contributed by atoms with van der Waals surface area (Å²) in [5.74, 6) is -5.19. The summed E-state index contributed by atoms with van der Waals surface area (Å²) < 4.78 is 0. The van der Waals surface area contributed by atoms with Crippen LogP contribution in [0.3, 0.4) is 0 Å². The highest BCUT2D eigenvalue weighted by Crippen LogP contribution is 2.71. The average Bonchev–Trinajstić information content (AvgIpc) is 3.09. The van der Waals surface area contributed by atoms with Crippen LogP contribution >= 0.6 is 0 Å². The highest BCUT2D eigenvalue weighted by Gasteiger charge is 2.75. The number of rotatable bonds is 5. The summed E-state index contributed by atoms with van der Waals surface area (Å²) >= 11 is 0. The van der Waals surface area contributed by atoms with Gasteiger partial charge in [-0.3, -0.25) is 0 Å². The van der Waals surface area contributed by atoms with Gasteiger partial charge in [0.15, 0.2) is 11.6 Å². The van der Waals surface area contributed by atoms with Crippen LogP contribution in [0.1, 0.15) is 92.4 Å². The molecule has 4 rings (SSSR count). The molecule has 0 saturated heterocycles. The third-order valence-electron chi connectivity index (χ3n) is 11.5.